The molecule has 2 aliphatic heterocycles. The summed E-state index contributed by atoms with van der Waals surface area (Å²) in [6.07, 6.45) is 6.23. The number of sulfonamides is 1. The van der Waals surface area contributed by atoms with Crippen LogP contribution < -0.4 is 0 Å². The van der Waals surface area contributed by atoms with E-state index in [4.69, 9.17) is 0 Å². The van der Waals surface area contributed by atoms with Gasteiger partial charge in [-0.3, -0.25) is 0 Å². The van der Waals surface area contributed by atoms with E-state index in [-0.39, 0.29) is 5.25 Å². The van der Waals surface area contributed by atoms with Gasteiger partial charge in [0.2, 0.25) is 10.0 Å². The van der Waals surface area contributed by atoms with Crippen molar-refractivity contribution in [3.63, 3.8) is 0 Å². The predicted octanol–water partition coefficient (Wildman–Crippen LogP) is 1.11. The molecular weight excluding hydrogens is 186 g/mol. The highest BCUT2D eigenvalue weighted by molar-refractivity contribution is 7.90. The van der Waals surface area contributed by atoms with Gasteiger partial charge < -0.3 is 0 Å². The average molecular weight is 201 g/mol. The summed E-state index contributed by atoms with van der Waals surface area (Å²) in [6.45, 7) is 0. The molecule has 0 aromatic heterocycles. The largest absolute Gasteiger partial charge is 0.217 e. The molecule has 3 aliphatic rings. The van der Waals surface area contributed by atoms with E-state index in [1.807, 2.05) is 4.31 Å². The van der Waals surface area contributed by atoms with Crippen LogP contribution in [0.3, 0.4) is 0 Å². The molecule has 0 atom stereocenters. The summed E-state index contributed by atoms with van der Waals surface area (Å²) in [6, 6.07) is 0.742. The van der Waals surface area contributed by atoms with Crippen molar-refractivity contribution in [3.05, 3.63) is 0 Å². The second-order valence-corrected chi connectivity index (χ2v) is 6.65. The third-order valence-electron chi connectivity index (χ3n) is 3.63. The van der Waals surface area contributed by atoms with E-state index in [2.05, 4.69) is 0 Å². The monoisotopic (exact) mass is 201 g/mol. The molecule has 0 spiro atoms. The zero-order chi connectivity index (χ0) is 9.05. The lowest BCUT2D eigenvalue weighted by Gasteiger charge is -2.20. The van der Waals surface area contributed by atoms with Gasteiger partial charge in [-0.05, 0) is 38.5 Å². The van der Waals surface area contributed by atoms with Crippen LogP contribution in [0.15, 0.2) is 0 Å². The molecule has 2 bridgehead atoms. The Morgan fingerprint density at radius 2 is 1.31 bits per heavy atom. The Morgan fingerprint density at radius 3 is 1.69 bits per heavy atom. The minimum Gasteiger partial charge on any atom is -0.212 e. The molecule has 0 amide bonds. The maximum atomic E-state index is 12.0. The number of fused-ring (bicyclic) bond motifs is 2. The third-order valence-corrected chi connectivity index (χ3v) is 6.12. The van der Waals surface area contributed by atoms with Gasteiger partial charge in [-0.2, -0.15) is 4.31 Å². The highest BCUT2D eigenvalue weighted by Gasteiger charge is 2.51. The van der Waals surface area contributed by atoms with E-state index in [0.29, 0.717) is 12.1 Å². The van der Waals surface area contributed by atoms with Crippen molar-refractivity contribution in [2.45, 2.75) is 55.9 Å². The molecule has 2 heterocycles. The van der Waals surface area contributed by atoms with Crippen LogP contribution in [0.2, 0.25) is 0 Å². The van der Waals surface area contributed by atoms with E-state index < -0.39 is 10.0 Å². The smallest absolute Gasteiger partial charge is 0.212 e. The molecule has 3 nitrogen and oxygen atoms in total. The first-order chi connectivity index (χ1) is 6.19. The highest BCUT2D eigenvalue weighted by Crippen LogP contribution is 2.44. The molecule has 0 aromatic carbocycles. The topological polar surface area (TPSA) is 37.4 Å². The number of hydrogen-bond donors (Lipinski definition) is 0. The standard InChI is InChI=1S/C9H15NO2S/c11-13(12,9-5-6-9)10-7-1-2-8(10)4-3-7/h7-9H,1-6H2. The summed E-state index contributed by atoms with van der Waals surface area (Å²) < 4.78 is 25.8. The van der Waals surface area contributed by atoms with Gasteiger partial charge in [0.1, 0.15) is 0 Å². The number of rotatable bonds is 2. The molecule has 74 valence electrons. The SMILES string of the molecule is O=S(=O)(C1CC1)N1C2CCC1CC2. The van der Waals surface area contributed by atoms with Crippen molar-refractivity contribution in [1.29, 1.82) is 0 Å². The normalized spacial score (nSPS) is 40.0. The Hall–Kier alpha value is -0.0900. The second kappa shape index (κ2) is 2.48. The first-order valence-electron chi connectivity index (χ1n) is 5.22. The molecule has 13 heavy (non-hydrogen) atoms. The summed E-state index contributed by atoms with van der Waals surface area (Å²) in [5.74, 6) is 0. The first kappa shape index (κ1) is 8.24. The maximum absolute atomic E-state index is 12.0. The van der Waals surface area contributed by atoms with Crippen molar-refractivity contribution in [3.8, 4) is 0 Å². The lowest BCUT2D eigenvalue weighted by atomic mass is 10.0. The van der Waals surface area contributed by atoms with Crippen molar-refractivity contribution >= 4 is 10.0 Å². The van der Waals surface area contributed by atoms with E-state index in [1.165, 1.54) is 0 Å². The molecular formula is C9H15NO2S. The van der Waals surface area contributed by atoms with Crippen LogP contribution in [0.4, 0.5) is 0 Å². The van der Waals surface area contributed by atoms with Crippen LogP contribution in [-0.2, 0) is 10.0 Å². The summed E-state index contributed by atoms with van der Waals surface area (Å²) >= 11 is 0. The molecule has 3 rings (SSSR count). The van der Waals surface area contributed by atoms with Crippen LogP contribution in [0.1, 0.15) is 38.5 Å². The molecule has 4 heteroatoms. The van der Waals surface area contributed by atoms with Gasteiger partial charge in [0.25, 0.3) is 0 Å². The zero-order valence-electron chi connectivity index (χ0n) is 7.65. The summed E-state index contributed by atoms with van der Waals surface area (Å²) in [5, 5.41) is -0.00583. The Labute approximate surface area is 79.2 Å². The predicted molar refractivity (Wildman–Crippen MR) is 49.8 cm³/mol. The van der Waals surface area contributed by atoms with Gasteiger partial charge in [-0.25, -0.2) is 8.42 Å². The zero-order valence-corrected chi connectivity index (χ0v) is 8.46. The van der Waals surface area contributed by atoms with Crippen LogP contribution >= 0.6 is 0 Å². The van der Waals surface area contributed by atoms with Crippen LogP contribution in [0.5, 0.6) is 0 Å². The molecule has 0 aromatic rings. The Kier molecular flexibility index (Phi) is 1.57. The first-order valence-corrected chi connectivity index (χ1v) is 6.72. The lowest BCUT2D eigenvalue weighted by Crippen LogP contribution is -2.37. The molecule has 3 fully saturated rings. The van der Waals surface area contributed by atoms with Crippen LogP contribution in [-0.4, -0.2) is 30.1 Å². The van der Waals surface area contributed by atoms with Gasteiger partial charge in [0.05, 0.1) is 5.25 Å². The fourth-order valence-electron chi connectivity index (χ4n) is 2.82. The fraction of sp³-hybridized carbons (Fsp3) is 1.00. The van der Waals surface area contributed by atoms with Crippen molar-refractivity contribution in [1.82, 2.24) is 4.31 Å². The molecule has 0 radical (unpaired) electrons. The molecule has 0 N–H and O–H groups in total. The molecule has 1 saturated carbocycles. The number of hydrogen-bond acceptors (Lipinski definition) is 2. The van der Waals surface area contributed by atoms with Gasteiger partial charge in [0, 0.05) is 12.1 Å². The summed E-state index contributed by atoms with van der Waals surface area (Å²) in [5.41, 5.74) is 0. The van der Waals surface area contributed by atoms with Gasteiger partial charge >= 0.3 is 0 Å². The van der Waals surface area contributed by atoms with E-state index in [1.54, 1.807) is 0 Å². The van der Waals surface area contributed by atoms with Crippen molar-refractivity contribution < 1.29 is 8.42 Å². The van der Waals surface area contributed by atoms with Gasteiger partial charge in [-0.1, -0.05) is 0 Å². The molecule has 2 saturated heterocycles. The average Bonchev–Trinajstić information content (AvgIpc) is 2.79. The van der Waals surface area contributed by atoms with E-state index in [0.717, 1.165) is 38.5 Å². The third kappa shape index (κ3) is 1.08. The Bertz CT molecular complexity index is 301. The van der Waals surface area contributed by atoms with E-state index in [9.17, 15) is 8.42 Å². The molecule has 0 unspecified atom stereocenters. The second-order valence-electron chi connectivity index (χ2n) is 4.54. The summed E-state index contributed by atoms with van der Waals surface area (Å²) in [4.78, 5) is 0. The quantitative estimate of drug-likeness (QED) is 0.671. The summed E-state index contributed by atoms with van der Waals surface area (Å²) in [7, 11) is -2.87. The molecule has 1 aliphatic carbocycles. The fourth-order valence-corrected chi connectivity index (χ4v) is 5.15. The highest BCUT2D eigenvalue weighted by atomic mass is 32.2. The minimum atomic E-state index is -2.87. The van der Waals surface area contributed by atoms with Crippen molar-refractivity contribution in [2.24, 2.45) is 0 Å². The van der Waals surface area contributed by atoms with Crippen molar-refractivity contribution in [2.75, 3.05) is 0 Å². The van der Waals surface area contributed by atoms with Gasteiger partial charge in [-0.15, -0.1) is 0 Å². The lowest BCUT2D eigenvalue weighted by molar-refractivity contribution is 0.395. The van der Waals surface area contributed by atoms with E-state index >= 15 is 0 Å². The minimum absolute atomic E-state index is 0.00583. The Balaban J connectivity index is 1.92. The van der Waals surface area contributed by atoms with Crippen LogP contribution in [0, 0.1) is 0 Å². The van der Waals surface area contributed by atoms with Crippen LogP contribution in [0.25, 0.3) is 0 Å². The number of nitrogens with zero attached hydrogens (tertiary/aromatic N) is 1. The Morgan fingerprint density at radius 1 is 0.846 bits per heavy atom. The maximum Gasteiger partial charge on any atom is 0.217 e. The van der Waals surface area contributed by atoms with Gasteiger partial charge in [0.15, 0.2) is 0 Å².